The number of hydrogen-bond acceptors (Lipinski definition) is 2. The van der Waals surface area contributed by atoms with Crippen LogP contribution in [-0.2, 0) is 4.79 Å². The van der Waals surface area contributed by atoms with Crippen LogP contribution in [0.25, 0.3) is 0 Å². The zero-order chi connectivity index (χ0) is 10.1. The Morgan fingerprint density at radius 3 is 2.86 bits per heavy atom. The number of pyridine rings is 1. The Bertz CT molecular complexity index is 381. The molecule has 1 fully saturated rings. The largest absolute Gasteiger partial charge is 0.355 e. The predicted molar refractivity (Wildman–Crippen MR) is 60.0 cm³/mol. The van der Waals surface area contributed by atoms with E-state index in [4.69, 9.17) is 0 Å². The molecule has 0 saturated carbocycles. The Balaban J connectivity index is 2.28. The molecule has 1 unspecified atom stereocenters. The average Bonchev–Trinajstić information content (AvgIpc) is 2.51. The molecule has 0 spiro atoms. The van der Waals surface area contributed by atoms with Crippen LogP contribution in [0.3, 0.4) is 0 Å². The number of carbonyl (C=O) groups excluding carboxylic acids is 1. The van der Waals surface area contributed by atoms with Crippen LogP contribution in [-0.4, -0.2) is 17.4 Å². The van der Waals surface area contributed by atoms with Gasteiger partial charge in [-0.1, -0.05) is 0 Å². The number of aromatic nitrogens is 1. The van der Waals surface area contributed by atoms with Crippen LogP contribution in [0.2, 0.25) is 0 Å². The lowest BCUT2D eigenvalue weighted by Gasteiger charge is -2.08. The topological polar surface area (TPSA) is 42.0 Å². The van der Waals surface area contributed by atoms with E-state index in [0.29, 0.717) is 13.0 Å². The first-order valence-electron chi connectivity index (χ1n) is 4.24. The number of hydrogen-bond donors (Lipinski definition) is 1. The number of halogens is 2. The van der Waals surface area contributed by atoms with Gasteiger partial charge < -0.3 is 5.32 Å². The molecule has 0 bridgehead atoms. The van der Waals surface area contributed by atoms with E-state index in [-0.39, 0.29) is 11.8 Å². The van der Waals surface area contributed by atoms with E-state index in [9.17, 15) is 4.79 Å². The van der Waals surface area contributed by atoms with E-state index in [1.165, 1.54) is 0 Å². The molecule has 0 radical (unpaired) electrons. The second-order valence-corrected chi connectivity index (χ2v) is 5.00. The van der Waals surface area contributed by atoms with Gasteiger partial charge in [0.25, 0.3) is 0 Å². The molecule has 0 aromatic carbocycles. The van der Waals surface area contributed by atoms with Gasteiger partial charge in [0.1, 0.15) is 0 Å². The summed E-state index contributed by atoms with van der Waals surface area (Å²) in [5, 5.41) is 2.80. The first kappa shape index (κ1) is 10.1. The van der Waals surface area contributed by atoms with Crippen molar-refractivity contribution in [2.45, 2.75) is 12.3 Å². The molecule has 3 nitrogen and oxygen atoms in total. The van der Waals surface area contributed by atoms with Crippen LogP contribution in [0.15, 0.2) is 21.2 Å². The first-order chi connectivity index (χ1) is 6.66. The zero-order valence-corrected chi connectivity index (χ0v) is 10.4. The fourth-order valence-electron chi connectivity index (χ4n) is 1.52. The Morgan fingerprint density at radius 1 is 1.50 bits per heavy atom. The van der Waals surface area contributed by atoms with Crippen molar-refractivity contribution in [3.63, 3.8) is 0 Å². The van der Waals surface area contributed by atoms with Gasteiger partial charge in [-0.3, -0.25) is 9.78 Å². The third-order valence-electron chi connectivity index (χ3n) is 2.20. The van der Waals surface area contributed by atoms with Crippen LogP contribution in [0.1, 0.15) is 18.0 Å². The standard InChI is InChI=1S/C9H8Br2N2O/c10-6-2-7(11)9(13-4-6)5-1-8(14)12-3-5/h2,4-5H,1,3H2,(H,12,14). The Labute approximate surface area is 98.6 Å². The second kappa shape index (κ2) is 3.98. The van der Waals surface area contributed by atoms with Crippen molar-refractivity contribution < 1.29 is 4.79 Å². The number of nitrogens with zero attached hydrogens (tertiary/aromatic N) is 1. The summed E-state index contributed by atoms with van der Waals surface area (Å²) in [6.07, 6.45) is 2.29. The van der Waals surface area contributed by atoms with Crippen molar-refractivity contribution in [3.8, 4) is 0 Å². The summed E-state index contributed by atoms with van der Waals surface area (Å²) in [4.78, 5) is 15.3. The number of amides is 1. The van der Waals surface area contributed by atoms with Crippen molar-refractivity contribution in [2.75, 3.05) is 6.54 Å². The summed E-state index contributed by atoms with van der Waals surface area (Å²) in [5.41, 5.74) is 0.951. The van der Waals surface area contributed by atoms with Gasteiger partial charge in [0, 0.05) is 34.0 Å². The van der Waals surface area contributed by atoms with E-state index in [2.05, 4.69) is 42.2 Å². The van der Waals surface area contributed by atoms with Crippen molar-refractivity contribution in [3.05, 3.63) is 26.9 Å². The molecule has 74 valence electrons. The lowest BCUT2D eigenvalue weighted by molar-refractivity contribution is -0.119. The molecule has 1 N–H and O–H groups in total. The molecule has 1 atom stereocenters. The maximum absolute atomic E-state index is 11.0. The van der Waals surface area contributed by atoms with Gasteiger partial charge in [-0.15, -0.1) is 0 Å². The summed E-state index contributed by atoms with van der Waals surface area (Å²) in [6, 6.07) is 1.95. The van der Waals surface area contributed by atoms with Gasteiger partial charge >= 0.3 is 0 Å². The third-order valence-corrected chi connectivity index (χ3v) is 3.27. The van der Waals surface area contributed by atoms with Crippen molar-refractivity contribution >= 4 is 37.8 Å². The molecule has 2 rings (SSSR count). The van der Waals surface area contributed by atoms with E-state index in [0.717, 1.165) is 14.6 Å². The van der Waals surface area contributed by atoms with E-state index in [1.54, 1.807) is 6.20 Å². The molecule has 1 amide bonds. The maximum Gasteiger partial charge on any atom is 0.220 e. The summed E-state index contributed by atoms with van der Waals surface area (Å²) in [7, 11) is 0. The van der Waals surface area contributed by atoms with Crippen molar-refractivity contribution in [1.29, 1.82) is 0 Å². The van der Waals surface area contributed by atoms with Crippen molar-refractivity contribution in [1.82, 2.24) is 10.3 Å². The van der Waals surface area contributed by atoms with Gasteiger partial charge in [-0.05, 0) is 37.9 Å². The highest BCUT2D eigenvalue weighted by atomic mass is 79.9. The molecule has 2 heterocycles. The Kier molecular flexibility index (Phi) is 2.88. The predicted octanol–water partition coefficient (Wildman–Crippen LogP) is 2.21. The van der Waals surface area contributed by atoms with Gasteiger partial charge in [-0.2, -0.15) is 0 Å². The minimum Gasteiger partial charge on any atom is -0.355 e. The van der Waals surface area contributed by atoms with Crippen LogP contribution < -0.4 is 5.32 Å². The molecule has 1 aromatic heterocycles. The average molecular weight is 320 g/mol. The highest BCUT2D eigenvalue weighted by Crippen LogP contribution is 2.29. The molecule has 14 heavy (non-hydrogen) atoms. The molecule has 1 saturated heterocycles. The number of carbonyl (C=O) groups is 1. The fourth-order valence-corrected chi connectivity index (χ4v) is 2.84. The quantitative estimate of drug-likeness (QED) is 0.862. The molecule has 5 heteroatoms. The van der Waals surface area contributed by atoms with Gasteiger partial charge in [0.15, 0.2) is 0 Å². The second-order valence-electron chi connectivity index (χ2n) is 3.23. The summed E-state index contributed by atoms with van der Waals surface area (Å²) >= 11 is 6.79. The molecule has 0 aliphatic carbocycles. The van der Waals surface area contributed by atoms with Crippen LogP contribution in [0, 0.1) is 0 Å². The lowest BCUT2D eigenvalue weighted by Crippen LogP contribution is -2.13. The van der Waals surface area contributed by atoms with Gasteiger partial charge in [0.2, 0.25) is 5.91 Å². The fraction of sp³-hybridized carbons (Fsp3) is 0.333. The van der Waals surface area contributed by atoms with E-state index >= 15 is 0 Å². The van der Waals surface area contributed by atoms with Crippen LogP contribution >= 0.6 is 31.9 Å². The number of rotatable bonds is 1. The molecular weight excluding hydrogens is 312 g/mol. The summed E-state index contributed by atoms with van der Waals surface area (Å²) in [5.74, 6) is 0.302. The first-order valence-corrected chi connectivity index (χ1v) is 5.83. The maximum atomic E-state index is 11.0. The number of nitrogens with one attached hydrogen (secondary N) is 1. The minimum absolute atomic E-state index is 0.103. The van der Waals surface area contributed by atoms with Gasteiger partial charge in [0.05, 0.1) is 5.69 Å². The van der Waals surface area contributed by atoms with Crippen LogP contribution in [0.4, 0.5) is 0 Å². The van der Waals surface area contributed by atoms with E-state index in [1.807, 2.05) is 6.07 Å². The monoisotopic (exact) mass is 318 g/mol. The molecule has 1 aliphatic rings. The summed E-state index contributed by atoms with van der Waals surface area (Å²) < 4.78 is 1.89. The minimum atomic E-state index is 0.103. The van der Waals surface area contributed by atoms with E-state index < -0.39 is 0 Å². The van der Waals surface area contributed by atoms with Crippen molar-refractivity contribution in [2.24, 2.45) is 0 Å². The van der Waals surface area contributed by atoms with Gasteiger partial charge in [-0.25, -0.2) is 0 Å². The Hall–Kier alpha value is -0.420. The Morgan fingerprint density at radius 2 is 2.29 bits per heavy atom. The molecular formula is C9H8Br2N2O. The van der Waals surface area contributed by atoms with Crippen LogP contribution in [0.5, 0.6) is 0 Å². The lowest BCUT2D eigenvalue weighted by atomic mass is 10.0. The third kappa shape index (κ3) is 1.98. The smallest absolute Gasteiger partial charge is 0.220 e. The zero-order valence-electron chi connectivity index (χ0n) is 7.26. The summed E-state index contributed by atoms with van der Waals surface area (Å²) in [6.45, 7) is 0.687. The highest BCUT2D eigenvalue weighted by Gasteiger charge is 2.25. The SMILES string of the molecule is O=C1CC(c2ncc(Br)cc2Br)CN1. The molecule has 1 aromatic rings. The molecule has 1 aliphatic heterocycles. The normalized spacial score (nSPS) is 21.0. The highest BCUT2D eigenvalue weighted by molar-refractivity contribution is 9.11.